The Balaban J connectivity index is 1.88. The number of aliphatic hydroxyl groups excluding tert-OH is 1. The van der Waals surface area contributed by atoms with Crippen molar-refractivity contribution >= 4 is 39.4 Å². The lowest BCUT2D eigenvalue weighted by Gasteiger charge is -2.15. The van der Waals surface area contributed by atoms with Crippen LogP contribution in [0.1, 0.15) is 12.6 Å². The third kappa shape index (κ3) is 3.05. The summed E-state index contributed by atoms with van der Waals surface area (Å²) in [6.07, 6.45) is 2.55. The van der Waals surface area contributed by atoms with Crippen LogP contribution in [0, 0.1) is 3.57 Å². The maximum atomic E-state index is 9.46. The molecule has 0 bridgehead atoms. The summed E-state index contributed by atoms with van der Waals surface area (Å²) in [7, 11) is 0. The van der Waals surface area contributed by atoms with Gasteiger partial charge in [0, 0.05) is 21.1 Å². The molecule has 23 heavy (non-hydrogen) atoms. The molecule has 3 N–H and O–H groups in total. The van der Waals surface area contributed by atoms with Crippen LogP contribution in [0.25, 0.3) is 21.5 Å². The second-order valence-corrected chi connectivity index (χ2v) is 6.12. The fraction of sp³-hybridized carbons (Fsp3) is 0.500. The first-order valence-corrected chi connectivity index (χ1v) is 7.89. The highest BCUT2D eigenvalue weighted by molar-refractivity contribution is 14.1. The van der Waals surface area contributed by atoms with Crippen LogP contribution in [0.2, 0.25) is 0 Å². The fourth-order valence-corrected chi connectivity index (χ4v) is 3.46. The minimum atomic E-state index is -0.497. The molecular formula is C12H14IN7O3. The van der Waals surface area contributed by atoms with Crippen molar-refractivity contribution < 1.29 is 14.6 Å². The summed E-state index contributed by atoms with van der Waals surface area (Å²) in [4.78, 5) is 10.9. The SMILES string of the molecule is [N-]=[N+]=NCO[C@H]1C[C@@H](n2cc(I)c3c(N)ncnc32)O[C@H]1CO. The summed E-state index contributed by atoms with van der Waals surface area (Å²) in [5.74, 6) is 0.408. The van der Waals surface area contributed by atoms with Crippen molar-refractivity contribution in [2.75, 3.05) is 19.1 Å². The number of hydrogen-bond acceptors (Lipinski definition) is 7. The Morgan fingerprint density at radius 2 is 2.43 bits per heavy atom. The van der Waals surface area contributed by atoms with Gasteiger partial charge in [-0.05, 0) is 28.1 Å². The number of nitrogens with two attached hydrogens (primary N) is 1. The summed E-state index contributed by atoms with van der Waals surface area (Å²) in [6.45, 7) is -0.294. The maximum Gasteiger partial charge on any atom is 0.148 e. The average molecular weight is 431 g/mol. The van der Waals surface area contributed by atoms with E-state index in [2.05, 4.69) is 42.6 Å². The van der Waals surface area contributed by atoms with E-state index < -0.39 is 6.10 Å². The second kappa shape index (κ2) is 6.84. The van der Waals surface area contributed by atoms with Gasteiger partial charge >= 0.3 is 0 Å². The number of ether oxygens (including phenoxy) is 2. The number of halogens is 1. The van der Waals surface area contributed by atoms with E-state index in [9.17, 15) is 5.11 Å². The first-order chi connectivity index (χ1) is 11.2. The molecule has 10 nitrogen and oxygen atoms in total. The quantitative estimate of drug-likeness (QED) is 0.318. The van der Waals surface area contributed by atoms with Gasteiger partial charge in [-0.2, -0.15) is 0 Å². The van der Waals surface area contributed by atoms with Crippen molar-refractivity contribution in [2.45, 2.75) is 24.9 Å². The lowest BCUT2D eigenvalue weighted by molar-refractivity contribution is -0.0593. The van der Waals surface area contributed by atoms with E-state index in [1.165, 1.54) is 6.33 Å². The van der Waals surface area contributed by atoms with Gasteiger partial charge in [-0.25, -0.2) is 9.97 Å². The monoisotopic (exact) mass is 431 g/mol. The normalized spacial score (nSPS) is 24.0. The molecule has 122 valence electrons. The lowest BCUT2D eigenvalue weighted by atomic mass is 10.2. The van der Waals surface area contributed by atoms with Crippen LogP contribution >= 0.6 is 22.6 Å². The minimum absolute atomic E-state index is 0.104. The van der Waals surface area contributed by atoms with E-state index in [0.717, 1.165) is 8.96 Å². The highest BCUT2D eigenvalue weighted by Crippen LogP contribution is 2.35. The third-order valence-corrected chi connectivity index (χ3v) is 4.49. The Morgan fingerprint density at radius 1 is 1.61 bits per heavy atom. The molecule has 2 aromatic rings. The fourth-order valence-electron chi connectivity index (χ4n) is 2.65. The van der Waals surface area contributed by atoms with Gasteiger partial charge in [0.05, 0.1) is 18.1 Å². The highest BCUT2D eigenvalue weighted by atomic mass is 127. The van der Waals surface area contributed by atoms with E-state index in [4.69, 9.17) is 20.7 Å². The van der Waals surface area contributed by atoms with Crippen LogP contribution in [0.5, 0.6) is 0 Å². The number of aliphatic hydroxyl groups is 1. The van der Waals surface area contributed by atoms with Gasteiger partial charge in [0.25, 0.3) is 0 Å². The molecular weight excluding hydrogens is 417 g/mol. The Morgan fingerprint density at radius 3 is 3.17 bits per heavy atom. The summed E-state index contributed by atoms with van der Waals surface area (Å²) in [5, 5.41) is 13.6. The van der Waals surface area contributed by atoms with Crippen LogP contribution in [-0.4, -0.2) is 45.2 Å². The zero-order valence-electron chi connectivity index (χ0n) is 11.9. The Hall–Kier alpha value is -1.66. The minimum Gasteiger partial charge on any atom is -0.394 e. The molecule has 3 heterocycles. The zero-order valence-corrected chi connectivity index (χ0v) is 14.1. The van der Waals surface area contributed by atoms with E-state index in [-0.39, 0.29) is 25.7 Å². The predicted molar refractivity (Wildman–Crippen MR) is 89.2 cm³/mol. The van der Waals surface area contributed by atoms with Crippen LogP contribution in [0.15, 0.2) is 17.6 Å². The largest absolute Gasteiger partial charge is 0.394 e. The smallest absolute Gasteiger partial charge is 0.148 e. The van der Waals surface area contributed by atoms with Crippen molar-refractivity contribution in [3.8, 4) is 0 Å². The van der Waals surface area contributed by atoms with Crippen LogP contribution in [0.4, 0.5) is 5.82 Å². The topological polar surface area (TPSA) is 144 Å². The first kappa shape index (κ1) is 16.2. The van der Waals surface area contributed by atoms with Crippen molar-refractivity contribution in [3.63, 3.8) is 0 Å². The molecule has 0 aliphatic carbocycles. The number of hydrogen-bond donors (Lipinski definition) is 2. The average Bonchev–Trinajstić information content (AvgIpc) is 3.09. The lowest BCUT2D eigenvalue weighted by Crippen LogP contribution is -2.27. The first-order valence-electron chi connectivity index (χ1n) is 6.81. The number of rotatable bonds is 5. The van der Waals surface area contributed by atoms with E-state index in [1.54, 1.807) is 0 Å². The van der Waals surface area contributed by atoms with Gasteiger partial charge in [-0.3, -0.25) is 0 Å². The molecule has 0 amide bonds. The van der Waals surface area contributed by atoms with Gasteiger partial charge in [-0.15, -0.1) is 0 Å². The molecule has 1 fully saturated rings. The van der Waals surface area contributed by atoms with Crippen LogP contribution < -0.4 is 5.73 Å². The van der Waals surface area contributed by atoms with Crippen molar-refractivity contribution in [1.29, 1.82) is 0 Å². The Labute approximate surface area is 144 Å². The second-order valence-electron chi connectivity index (χ2n) is 4.95. The van der Waals surface area contributed by atoms with Crippen molar-refractivity contribution in [1.82, 2.24) is 14.5 Å². The molecule has 2 aromatic heterocycles. The molecule has 0 aromatic carbocycles. The zero-order chi connectivity index (χ0) is 16.4. The summed E-state index contributed by atoms with van der Waals surface area (Å²) in [5.41, 5.74) is 14.9. The molecule has 0 spiro atoms. The van der Waals surface area contributed by atoms with E-state index in [1.807, 2.05) is 10.8 Å². The maximum absolute atomic E-state index is 9.46. The van der Waals surface area contributed by atoms with Gasteiger partial charge in [0.1, 0.15) is 36.9 Å². The predicted octanol–water partition coefficient (Wildman–Crippen LogP) is 1.55. The summed E-state index contributed by atoms with van der Waals surface area (Å²) < 4.78 is 14.1. The van der Waals surface area contributed by atoms with E-state index in [0.29, 0.717) is 17.9 Å². The molecule has 1 aliphatic rings. The number of anilines is 1. The van der Waals surface area contributed by atoms with Gasteiger partial charge < -0.3 is 24.9 Å². The number of nitrogen functional groups attached to an aromatic ring is 1. The molecule has 0 unspecified atom stereocenters. The molecule has 1 saturated heterocycles. The number of fused-ring (bicyclic) bond motifs is 1. The van der Waals surface area contributed by atoms with Crippen LogP contribution in [-0.2, 0) is 9.47 Å². The van der Waals surface area contributed by atoms with Gasteiger partial charge in [0.15, 0.2) is 0 Å². The van der Waals surface area contributed by atoms with Crippen LogP contribution in [0.3, 0.4) is 0 Å². The third-order valence-electron chi connectivity index (χ3n) is 3.67. The molecule has 1 aliphatic heterocycles. The Bertz CT molecular complexity index is 760. The highest BCUT2D eigenvalue weighted by Gasteiger charge is 2.37. The number of nitrogens with zero attached hydrogens (tertiary/aromatic N) is 6. The standard InChI is InChI=1S/C12H14IN7O3/c13-6-2-20(12-10(6)11(14)16-4-17-12)9-1-7(8(3-21)23-9)22-5-18-19-15/h2,4,7-9,21H,1,3,5H2,(H2,14,16,17)/t7-,8-,9-/m0/s1. The van der Waals surface area contributed by atoms with Gasteiger partial charge in [-0.1, -0.05) is 5.11 Å². The molecule has 3 atom stereocenters. The molecule has 3 rings (SSSR count). The van der Waals surface area contributed by atoms with Crippen molar-refractivity contribution in [2.24, 2.45) is 5.11 Å². The van der Waals surface area contributed by atoms with Crippen molar-refractivity contribution in [3.05, 3.63) is 26.5 Å². The molecule has 0 radical (unpaired) electrons. The van der Waals surface area contributed by atoms with E-state index >= 15 is 0 Å². The van der Waals surface area contributed by atoms with Gasteiger partial charge in [0.2, 0.25) is 0 Å². The summed E-state index contributed by atoms with van der Waals surface area (Å²) >= 11 is 2.17. The Kier molecular flexibility index (Phi) is 4.82. The summed E-state index contributed by atoms with van der Waals surface area (Å²) in [6, 6.07) is 0. The molecule has 11 heteroatoms. The number of aromatic nitrogens is 3. The number of azide groups is 1. The molecule has 0 saturated carbocycles.